The number of fused-ring (bicyclic) bond motifs is 1. The van der Waals surface area contributed by atoms with Crippen LogP contribution in [0.4, 0.5) is 4.39 Å². The Labute approximate surface area is 203 Å². The first-order valence-corrected chi connectivity index (χ1v) is 13.0. The quantitative estimate of drug-likeness (QED) is 0.420. The molecule has 1 aliphatic carbocycles. The Kier molecular flexibility index (Phi) is 6.47. The minimum absolute atomic E-state index is 0.124. The Morgan fingerprint density at radius 2 is 1.74 bits per heavy atom. The average Bonchev–Trinajstić information content (AvgIpc) is 3.42. The fraction of sp³-hybridized carbons (Fsp3) is 0.444. The van der Waals surface area contributed by atoms with E-state index in [-0.39, 0.29) is 24.1 Å². The van der Waals surface area contributed by atoms with Gasteiger partial charge in [0, 0.05) is 17.7 Å². The van der Waals surface area contributed by atoms with Crippen LogP contribution in [0.3, 0.4) is 0 Å². The maximum Gasteiger partial charge on any atom is 0.330 e. The number of ketones is 1. The van der Waals surface area contributed by atoms with Gasteiger partial charge in [-0.25, -0.2) is 9.18 Å². The standard InChI is InChI=1S/C27H28FNO4S/c28-22-12-10-21(11-13-22)27-15-14-25(31)29(27)23(17-34-27)26(32)33-16-24(30)20-8-6-19(7-9-20)18-4-2-1-3-5-18/h6-13,18,23H,1-5,14-17H2/t23-,27-/m1/s1. The van der Waals surface area contributed by atoms with Crippen molar-refractivity contribution in [3.63, 3.8) is 0 Å². The second-order valence-electron chi connectivity index (χ2n) is 9.37. The molecule has 2 aromatic rings. The van der Waals surface area contributed by atoms with E-state index in [4.69, 9.17) is 4.74 Å². The lowest BCUT2D eigenvalue weighted by Crippen LogP contribution is -2.47. The summed E-state index contributed by atoms with van der Waals surface area (Å²) >= 11 is 1.50. The van der Waals surface area contributed by atoms with Gasteiger partial charge in [0.15, 0.2) is 12.4 Å². The van der Waals surface area contributed by atoms with E-state index in [2.05, 4.69) is 0 Å². The molecule has 0 radical (unpaired) electrons. The van der Waals surface area contributed by atoms with Crippen LogP contribution in [0.15, 0.2) is 48.5 Å². The second kappa shape index (κ2) is 9.53. The molecule has 178 valence electrons. The number of halogens is 1. The first-order chi connectivity index (χ1) is 16.5. The minimum Gasteiger partial charge on any atom is -0.456 e. The molecule has 1 amide bonds. The van der Waals surface area contributed by atoms with E-state index in [1.54, 1.807) is 17.0 Å². The van der Waals surface area contributed by atoms with Gasteiger partial charge in [-0.05, 0) is 48.4 Å². The third-order valence-electron chi connectivity index (χ3n) is 7.35. The van der Waals surface area contributed by atoms with Gasteiger partial charge in [0.25, 0.3) is 0 Å². The van der Waals surface area contributed by atoms with E-state index in [1.807, 2.05) is 24.3 Å². The summed E-state index contributed by atoms with van der Waals surface area (Å²) in [5.41, 5.74) is 2.58. The monoisotopic (exact) mass is 481 g/mol. The number of nitrogens with zero attached hydrogens (tertiary/aromatic N) is 1. The number of Topliss-reactive ketones (excluding diaryl/α,β-unsaturated/α-hetero) is 1. The van der Waals surface area contributed by atoms with Crippen molar-refractivity contribution in [1.29, 1.82) is 0 Å². The highest BCUT2D eigenvalue weighted by atomic mass is 32.2. The van der Waals surface area contributed by atoms with Crippen LogP contribution < -0.4 is 0 Å². The third-order valence-corrected chi connectivity index (χ3v) is 8.95. The number of carbonyl (C=O) groups is 3. The van der Waals surface area contributed by atoms with Crippen LogP contribution in [-0.4, -0.2) is 41.0 Å². The number of benzene rings is 2. The van der Waals surface area contributed by atoms with E-state index in [0.717, 1.165) is 5.56 Å². The molecule has 2 saturated heterocycles. The third kappa shape index (κ3) is 4.26. The van der Waals surface area contributed by atoms with Crippen molar-refractivity contribution in [2.75, 3.05) is 12.4 Å². The molecule has 2 heterocycles. The molecule has 0 N–H and O–H groups in total. The Bertz CT molecular complexity index is 1080. The topological polar surface area (TPSA) is 63.7 Å². The molecule has 0 bridgehead atoms. The van der Waals surface area contributed by atoms with Crippen molar-refractivity contribution < 1.29 is 23.5 Å². The average molecular weight is 482 g/mol. The first-order valence-electron chi connectivity index (χ1n) is 12.0. The number of hydrogen-bond acceptors (Lipinski definition) is 5. The second-order valence-corrected chi connectivity index (χ2v) is 10.7. The molecular weight excluding hydrogens is 453 g/mol. The van der Waals surface area contributed by atoms with Crippen molar-refractivity contribution >= 4 is 29.4 Å². The van der Waals surface area contributed by atoms with Gasteiger partial charge < -0.3 is 9.64 Å². The van der Waals surface area contributed by atoms with Crippen LogP contribution in [0.1, 0.15) is 72.3 Å². The number of ether oxygens (including phenoxy) is 1. The molecule has 5 rings (SSSR count). The van der Waals surface area contributed by atoms with Crippen LogP contribution >= 0.6 is 11.8 Å². The van der Waals surface area contributed by atoms with Gasteiger partial charge in [0.1, 0.15) is 16.7 Å². The molecule has 2 atom stereocenters. The molecule has 2 aliphatic heterocycles. The minimum atomic E-state index is -0.758. The Hall–Kier alpha value is -2.67. The molecule has 5 nitrogen and oxygen atoms in total. The number of amides is 1. The van der Waals surface area contributed by atoms with Crippen molar-refractivity contribution in [2.45, 2.75) is 61.8 Å². The Balaban J connectivity index is 1.23. The lowest BCUT2D eigenvalue weighted by molar-refractivity contribution is -0.152. The van der Waals surface area contributed by atoms with Crippen molar-refractivity contribution in [3.8, 4) is 0 Å². The zero-order chi connectivity index (χ0) is 23.7. The summed E-state index contributed by atoms with van der Waals surface area (Å²) in [6.07, 6.45) is 7.06. The molecule has 34 heavy (non-hydrogen) atoms. The number of hydrogen-bond donors (Lipinski definition) is 0. The molecule has 0 aromatic heterocycles. The van der Waals surface area contributed by atoms with Crippen LogP contribution in [0.2, 0.25) is 0 Å². The molecule has 0 unspecified atom stereocenters. The number of carbonyl (C=O) groups excluding carboxylic acids is 3. The SMILES string of the molecule is O=C(COC(=O)[C@H]1CS[C@@]2(c3ccc(F)cc3)CCC(=O)N12)c1ccc(C2CCCCC2)cc1. The van der Waals surface area contributed by atoms with Gasteiger partial charge in [-0.1, -0.05) is 55.7 Å². The van der Waals surface area contributed by atoms with Crippen molar-refractivity contribution in [1.82, 2.24) is 4.90 Å². The summed E-state index contributed by atoms with van der Waals surface area (Å²) in [6, 6.07) is 13.0. The predicted molar refractivity (Wildman–Crippen MR) is 128 cm³/mol. The van der Waals surface area contributed by atoms with Crippen LogP contribution in [-0.2, 0) is 19.2 Å². The molecule has 7 heteroatoms. The zero-order valence-corrected chi connectivity index (χ0v) is 19.8. The zero-order valence-electron chi connectivity index (χ0n) is 19.0. The lowest BCUT2D eigenvalue weighted by atomic mass is 9.84. The fourth-order valence-electron chi connectivity index (χ4n) is 5.52. The van der Waals surface area contributed by atoms with Crippen LogP contribution in [0.5, 0.6) is 0 Å². The van der Waals surface area contributed by atoms with E-state index < -0.39 is 16.9 Å². The van der Waals surface area contributed by atoms with Gasteiger partial charge in [-0.3, -0.25) is 9.59 Å². The first kappa shape index (κ1) is 23.1. The highest BCUT2D eigenvalue weighted by Gasteiger charge is 2.57. The van der Waals surface area contributed by atoms with Gasteiger partial charge in [0.05, 0.1) is 0 Å². The van der Waals surface area contributed by atoms with Crippen molar-refractivity contribution in [3.05, 3.63) is 71.0 Å². The highest BCUT2D eigenvalue weighted by molar-refractivity contribution is 8.00. The molecule has 0 spiro atoms. The molecule has 2 aromatic carbocycles. The van der Waals surface area contributed by atoms with E-state index in [0.29, 0.717) is 30.1 Å². The Morgan fingerprint density at radius 1 is 1.03 bits per heavy atom. The maximum atomic E-state index is 13.4. The summed E-state index contributed by atoms with van der Waals surface area (Å²) in [4.78, 5) is 39.2. The normalized spacial score (nSPS) is 24.8. The summed E-state index contributed by atoms with van der Waals surface area (Å²) in [7, 11) is 0. The van der Waals surface area contributed by atoms with E-state index in [9.17, 15) is 18.8 Å². The van der Waals surface area contributed by atoms with Crippen LogP contribution in [0, 0.1) is 5.82 Å². The van der Waals surface area contributed by atoms with Gasteiger partial charge in [-0.2, -0.15) is 0 Å². The van der Waals surface area contributed by atoms with Gasteiger partial charge in [-0.15, -0.1) is 11.8 Å². The summed E-state index contributed by atoms with van der Waals surface area (Å²) in [6.45, 7) is -0.353. The number of esters is 1. The number of thioether (sulfide) groups is 1. The summed E-state index contributed by atoms with van der Waals surface area (Å²) in [5.74, 6) is -0.353. The molecular formula is C27H28FNO4S. The van der Waals surface area contributed by atoms with E-state index >= 15 is 0 Å². The lowest BCUT2D eigenvalue weighted by Gasteiger charge is -2.33. The summed E-state index contributed by atoms with van der Waals surface area (Å²) in [5, 5.41) is 0. The van der Waals surface area contributed by atoms with E-state index in [1.165, 1.54) is 61.6 Å². The fourth-order valence-corrected chi connectivity index (χ4v) is 7.16. The molecule has 3 aliphatic rings. The smallest absolute Gasteiger partial charge is 0.330 e. The van der Waals surface area contributed by atoms with Gasteiger partial charge in [0.2, 0.25) is 5.91 Å². The van der Waals surface area contributed by atoms with Crippen molar-refractivity contribution in [2.24, 2.45) is 0 Å². The highest BCUT2D eigenvalue weighted by Crippen LogP contribution is 2.54. The predicted octanol–water partition coefficient (Wildman–Crippen LogP) is 5.19. The molecule has 3 fully saturated rings. The van der Waals surface area contributed by atoms with Gasteiger partial charge >= 0.3 is 5.97 Å². The largest absolute Gasteiger partial charge is 0.456 e. The van der Waals surface area contributed by atoms with Crippen LogP contribution in [0.25, 0.3) is 0 Å². The Morgan fingerprint density at radius 3 is 2.44 bits per heavy atom. The molecule has 1 saturated carbocycles. The maximum absolute atomic E-state index is 13.4. The summed E-state index contributed by atoms with van der Waals surface area (Å²) < 4.78 is 18.8. The number of rotatable bonds is 6.